The molecule has 1 aliphatic rings. The van der Waals surface area contributed by atoms with E-state index in [0.717, 1.165) is 0 Å². The van der Waals surface area contributed by atoms with Crippen LogP contribution in [-0.4, -0.2) is 36.5 Å². The van der Waals surface area contributed by atoms with Gasteiger partial charge in [-0.1, -0.05) is 4.85 Å². The van der Waals surface area contributed by atoms with Gasteiger partial charge < -0.3 is 15.6 Å². The summed E-state index contributed by atoms with van der Waals surface area (Å²) in [5, 5.41) is 9.36. The van der Waals surface area contributed by atoms with Crippen LogP contribution in [-0.2, 0) is 4.74 Å². The van der Waals surface area contributed by atoms with Crippen molar-refractivity contribution in [2.45, 2.75) is 24.7 Å². The van der Waals surface area contributed by atoms with Crippen LogP contribution in [0.2, 0.25) is 0 Å². The monoisotopic (exact) mass is 157 g/mol. The molecule has 4 nitrogen and oxygen atoms in total. The molecule has 3 atom stereocenters. The molecule has 1 heterocycles. The lowest BCUT2D eigenvalue weighted by molar-refractivity contribution is -0.0429. The van der Waals surface area contributed by atoms with Crippen LogP contribution in [0.15, 0.2) is 0 Å². The van der Waals surface area contributed by atoms with E-state index in [1.807, 2.05) is 0 Å². The summed E-state index contributed by atoms with van der Waals surface area (Å²) in [6.07, 6.45) is -0.00713. The highest BCUT2D eigenvalue weighted by Crippen LogP contribution is 2.15. The Bertz CT molecular complexity index is 166. The van der Waals surface area contributed by atoms with Crippen LogP contribution in [0.4, 0.5) is 0 Å². The maximum Gasteiger partial charge on any atom is 0.320 e. The van der Waals surface area contributed by atoms with Crippen molar-refractivity contribution < 1.29 is 9.84 Å². The first-order valence-electron chi connectivity index (χ1n) is 3.67. The Kier molecular flexibility index (Phi) is 2.83. The third kappa shape index (κ3) is 1.90. The molecule has 3 unspecified atom stereocenters. The Labute approximate surface area is 65.8 Å². The first kappa shape index (κ1) is 8.47. The summed E-state index contributed by atoms with van der Waals surface area (Å²) in [6.45, 7) is 5.85. The zero-order valence-electron chi connectivity index (χ0n) is 6.31. The van der Waals surface area contributed by atoms with Crippen molar-refractivity contribution in [3.8, 4) is 6.57 Å². The van der Waals surface area contributed by atoms with Crippen LogP contribution in [0.5, 0.6) is 0 Å². The van der Waals surface area contributed by atoms with E-state index in [1.54, 1.807) is 0 Å². The minimum absolute atomic E-state index is 0.0389. The normalized spacial score (nSPS) is 38.1. The molecule has 0 aliphatic carbocycles. The van der Waals surface area contributed by atoms with E-state index >= 15 is 0 Å². The molecule has 1 saturated heterocycles. The van der Waals surface area contributed by atoms with Crippen molar-refractivity contribution in [2.75, 3.05) is 13.2 Å². The van der Waals surface area contributed by atoms with Gasteiger partial charge in [-0.2, -0.15) is 0 Å². The number of hydrogen-bond donors (Lipinski definition) is 2. The van der Waals surface area contributed by atoms with Gasteiger partial charge in [0.2, 0.25) is 0 Å². The van der Waals surface area contributed by atoms with Crippen molar-refractivity contribution in [1.29, 1.82) is 0 Å². The molecular formula is C7H13N2O2+. The predicted octanol–water partition coefficient (Wildman–Crippen LogP) is -0.574. The second kappa shape index (κ2) is 3.67. The van der Waals surface area contributed by atoms with Crippen LogP contribution >= 0.6 is 0 Å². The quantitative estimate of drug-likeness (QED) is 0.535. The number of nitrogens with zero attached hydrogens (tertiary/aromatic N) is 1. The number of aliphatic hydroxyl groups excluding tert-OH is 1. The Hall–Kier alpha value is -0.630. The molecule has 0 amide bonds. The highest BCUT2D eigenvalue weighted by molar-refractivity contribution is 4.93. The van der Waals surface area contributed by atoms with E-state index in [1.165, 1.54) is 0 Å². The standard InChI is InChI=1S/C7H13N2O2/c1-9-6-4-11-5(3-8)2-7(6)10/h1,5-7,10H,2-4,8H2/q+1. The van der Waals surface area contributed by atoms with Gasteiger partial charge >= 0.3 is 6.04 Å². The van der Waals surface area contributed by atoms with Gasteiger partial charge in [-0.15, -0.1) is 0 Å². The average molecular weight is 157 g/mol. The molecule has 4 heteroatoms. The maximum absolute atomic E-state index is 9.36. The number of nitrogens with two attached hydrogens (primary N) is 1. The highest BCUT2D eigenvalue weighted by atomic mass is 16.5. The zero-order chi connectivity index (χ0) is 8.27. The van der Waals surface area contributed by atoms with Crippen molar-refractivity contribution in [1.82, 2.24) is 0 Å². The average Bonchev–Trinajstić information content (AvgIpc) is 2.04. The van der Waals surface area contributed by atoms with Crippen LogP contribution in [0.25, 0.3) is 4.85 Å². The Morgan fingerprint density at radius 2 is 2.45 bits per heavy atom. The molecule has 0 saturated carbocycles. The Balaban J connectivity index is 2.42. The van der Waals surface area contributed by atoms with E-state index in [2.05, 4.69) is 4.85 Å². The van der Waals surface area contributed by atoms with Gasteiger partial charge in [0.05, 0.1) is 6.10 Å². The van der Waals surface area contributed by atoms with E-state index in [9.17, 15) is 5.11 Å². The van der Waals surface area contributed by atoms with Gasteiger partial charge in [0.15, 0.2) is 0 Å². The van der Waals surface area contributed by atoms with Crippen LogP contribution in [0, 0.1) is 6.57 Å². The predicted molar refractivity (Wildman–Crippen MR) is 41.5 cm³/mol. The molecule has 62 valence electrons. The van der Waals surface area contributed by atoms with E-state index in [0.29, 0.717) is 19.6 Å². The fraction of sp³-hybridized carbons (Fsp3) is 0.857. The minimum atomic E-state index is -0.498. The van der Waals surface area contributed by atoms with Crippen molar-refractivity contribution in [3.05, 3.63) is 4.85 Å². The molecule has 0 aromatic heterocycles. The van der Waals surface area contributed by atoms with E-state index < -0.39 is 6.10 Å². The SMILES string of the molecule is C#[N+]C1COC(CN)CC1O. The highest BCUT2D eigenvalue weighted by Gasteiger charge is 2.35. The third-order valence-electron chi connectivity index (χ3n) is 1.91. The first-order chi connectivity index (χ1) is 5.27. The number of ether oxygens (including phenoxy) is 1. The molecule has 0 bridgehead atoms. The second-order valence-electron chi connectivity index (χ2n) is 2.71. The van der Waals surface area contributed by atoms with Crippen molar-refractivity contribution in [3.63, 3.8) is 0 Å². The summed E-state index contributed by atoms with van der Waals surface area (Å²) in [6, 6.07) is -0.280. The molecule has 0 spiro atoms. The van der Waals surface area contributed by atoms with Gasteiger partial charge in [0.25, 0.3) is 6.57 Å². The van der Waals surface area contributed by atoms with Crippen LogP contribution in [0.3, 0.4) is 0 Å². The van der Waals surface area contributed by atoms with Gasteiger partial charge in [0.1, 0.15) is 12.7 Å². The Morgan fingerprint density at radius 3 is 2.91 bits per heavy atom. The van der Waals surface area contributed by atoms with Gasteiger partial charge in [-0.3, -0.25) is 0 Å². The molecule has 1 rings (SSSR count). The topological polar surface area (TPSA) is 59.8 Å². The smallest absolute Gasteiger partial charge is 0.320 e. The van der Waals surface area contributed by atoms with Crippen molar-refractivity contribution in [2.24, 2.45) is 5.73 Å². The third-order valence-corrected chi connectivity index (χ3v) is 1.91. The molecule has 3 N–H and O–H groups in total. The number of rotatable bonds is 1. The van der Waals surface area contributed by atoms with Crippen LogP contribution in [0.1, 0.15) is 6.42 Å². The lowest BCUT2D eigenvalue weighted by atomic mass is 10.0. The fourth-order valence-corrected chi connectivity index (χ4v) is 1.15. The summed E-state index contributed by atoms with van der Waals surface area (Å²) < 4.78 is 5.24. The largest absolute Gasteiger partial charge is 0.385 e. The summed E-state index contributed by atoms with van der Waals surface area (Å²) in [4.78, 5) is 3.48. The number of aliphatic hydroxyl groups is 1. The van der Waals surface area contributed by atoms with Gasteiger partial charge in [0, 0.05) is 13.0 Å². The molecular weight excluding hydrogens is 144 g/mol. The summed E-state index contributed by atoms with van der Waals surface area (Å²) in [5.74, 6) is 0. The number of hydrogen-bond acceptors (Lipinski definition) is 3. The van der Waals surface area contributed by atoms with E-state index in [4.69, 9.17) is 17.0 Å². The summed E-state index contributed by atoms with van der Waals surface area (Å²) in [7, 11) is 0. The molecule has 1 fully saturated rings. The second-order valence-corrected chi connectivity index (χ2v) is 2.71. The lowest BCUT2D eigenvalue weighted by Crippen LogP contribution is -2.42. The minimum Gasteiger partial charge on any atom is -0.385 e. The van der Waals surface area contributed by atoms with E-state index in [-0.39, 0.29) is 12.1 Å². The van der Waals surface area contributed by atoms with Crippen LogP contribution < -0.4 is 5.73 Å². The first-order valence-corrected chi connectivity index (χ1v) is 3.67. The molecule has 11 heavy (non-hydrogen) atoms. The van der Waals surface area contributed by atoms with Gasteiger partial charge in [-0.25, -0.2) is 0 Å². The zero-order valence-corrected chi connectivity index (χ0v) is 6.31. The molecule has 0 radical (unpaired) electrons. The summed E-state index contributed by atoms with van der Waals surface area (Å²) >= 11 is 0. The Morgan fingerprint density at radius 1 is 1.73 bits per heavy atom. The lowest BCUT2D eigenvalue weighted by Gasteiger charge is -2.24. The summed E-state index contributed by atoms with van der Waals surface area (Å²) in [5.41, 5.74) is 5.35. The van der Waals surface area contributed by atoms with Gasteiger partial charge in [-0.05, 0) is 0 Å². The molecule has 1 aliphatic heterocycles. The van der Waals surface area contributed by atoms with Crippen molar-refractivity contribution >= 4 is 0 Å². The molecule has 0 aromatic carbocycles. The molecule has 0 aromatic rings. The maximum atomic E-state index is 9.36. The fourth-order valence-electron chi connectivity index (χ4n) is 1.15.